The first-order valence-electron chi connectivity index (χ1n) is 12.9. The Morgan fingerprint density at radius 2 is 1.50 bits per heavy atom. The molecule has 9 nitrogen and oxygen atoms in total. The Balaban J connectivity index is 1.52. The molecular weight excluding hydrogens is 517 g/mol. The Labute approximate surface area is 232 Å². The van der Waals surface area contributed by atoms with Crippen molar-refractivity contribution in [3.8, 4) is 11.5 Å². The third kappa shape index (κ3) is 7.49. The number of halogens is 1. The molecule has 2 atom stereocenters. The summed E-state index contributed by atoms with van der Waals surface area (Å²) < 4.78 is 24.4. The average molecular weight is 550 g/mol. The van der Waals surface area contributed by atoms with Crippen LogP contribution < -0.4 is 10.1 Å². The third-order valence-corrected chi connectivity index (χ3v) is 6.26. The van der Waals surface area contributed by atoms with Crippen LogP contribution in [0.25, 0.3) is 0 Å². The first-order valence-corrected chi connectivity index (χ1v) is 12.9. The lowest BCUT2D eigenvalue weighted by molar-refractivity contribution is -0.124. The van der Waals surface area contributed by atoms with Gasteiger partial charge in [-0.3, -0.25) is 9.69 Å². The van der Waals surface area contributed by atoms with E-state index in [9.17, 15) is 23.9 Å². The maximum atomic E-state index is 13.4. The fourth-order valence-corrected chi connectivity index (χ4v) is 4.40. The van der Waals surface area contributed by atoms with E-state index in [0.29, 0.717) is 23.6 Å². The Hall–Kier alpha value is -4.60. The van der Waals surface area contributed by atoms with Crippen LogP contribution >= 0.6 is 0 Å². The van der Waals surface area contributed by atoms with Gasteiger partial charge in [0, 0.05) is 12.2 Å². The molecular formula is C30H32FN3O6. The van der Waals surface area contributed by atoms with Crippen molar-refractivity contribution >= 4 is 23.8 Å². The Morgan fingerprint density at radius 1 is 0.900 bits per heavy atom. The molecule has 210 valence electrons. The molecule has 3 amide bonds. The van der Waals surface area contributed by atoms with E-state index in [0.717, 1.165) is 5.56 Å². The van der Waals surface area contributed by atoms with Gasteiger partial charge < -0.3 is 24.8 Å². The van der Waals surface area contributed by atoms with Gasteiger partial charge in [-0.2, -0.15) is 0 Å². The smallest absolute Gasteiger partial charge is 0.411 e. The Bertz CT molecular complexity index is 1330. The van der Waals surface area contributed by atoms with Crippen LogP contribution in [0.2, 0.25) is 0 Å². The molecule has 10 heteroatoms. The molecule has 0 radical (unpaired) electrons. The van der Waals surface area contributed by atoms with Crippen LogP contribution in [0.4, 0.5) is 19.7 Å². The van der Waals surface area contributed by atoms with Crippen LogP contribution in [0.3, 0.4) is 0 Å². The van der Waals surface area contributed by atoms with Crippen molar-refractivity contribution in [2.24, 2.45) is 0 Å². The highest BCUT2D eigenvalue weighted by Crippen LogP contribution is 2.26. The van der Waals surface area contributed by atoms with Gasteiger partial charge in [-0.1, -0.05) is 30.3 Å². The standard InChI is InChI=1S/C30H32FN3O6/c1-30(2,3)40-29(38)34-18-23(17-20-7-5-4-6-8-20)33(28(36)37)19-26(34)27(35)32-22-11-15-25(16-12-22)39-24-13-9-21(31)10-14-24/h4-16,23,26H,17-19H2,1-3H3,(H,32,35)(H,36,37). The lowest BCUT2D eigenvalue weighted by Gasteiger charge is -2.44. The number of anilines is 1. The van der Waals surface area contributed by atoms with Gasteiger partial charge in [-0.25, -0.2) is 14.0 Å². The van der Waals surface area contributed by atoms with Gasteiger partial charge >= 0.3 is 12.2 Å². The van der Waals surface area contributed by atoms with Crippen molar-refractivity contribution in [1.29, 1.82) is 0 Å². The molecule has 2 N–H and O–H groups in total. The molecule has 2 unspecified atom stereocenters. The lowest BCUT2D eigenvalue weighted by Crippen LogP contribution is -2.65. The lowest BCUT2D eigenvalue weighted by atomic mass is 9.99. The Morgan fingerprint density at radius 3 is 2.08 bits per heavy atom. The number of nitrogens with zero attached hydrogens (tertiary/aromatic N) is 2. The summed E-state index contributed by atoms with van der Waals surface area (Å²) in [5.74, 6) is -0.00505. The maximum absolute atomic E-state index is 13.4. The zero-order valence-electron chi connectivity index (χ0n) is 22.5. The minimum atomic E-state index is -1.18. The second kappa shape index (κ2) is 12.1. The van der Waals surface area contributed by atoms with Crippen LogP contribution in [0.15, 0.2) is 78.9 Å². The van der Waals surface area contributed by atoms with Crippen molar-refractivity contribution in [1.82, 2.24) is 9.80 Å². The van der Waals surface area contributed by atoms with Gasteiger partial charge in [0.2, 0.25) is 5.91 Å². The summed E-state index contributed by atoms with van der Waals surface area (Å²) in [5, 5.41) is 12.7. The summed E-state index contributed by atoms with van der Waals surface area (Å²) in [4.78, 5) is 41.4. The van der Waals surface area contributed by atoms with Gasteiger partial charge in [0.1, 0.15) is 29.0 Å². The molecule has 40 heavy (non-hydrogen) atoms. The quantitative estimate of drug-likeness (QED) is 0.404. The number of carbonyl (C=O) groups excluding carboxylic acids is 2. The first kappa shape index (κ1) is 28.4. The number of hydrogen-bond acceptors (Lipinski definition) is 5. The highest BCUT2D eigenvalue weighted by Gasteiger charge is 2.43. The molecule has 1 aliphatic heterocycles. The number of nitrogens with one attached hydrogen (secondary N) is 1. The fourth-order valence-electron chi connectivity index (χ4n) is 4.40. The van der Waals surface area contributed by atoms with E-state index in [1.165, 1.54) is 34.1 Å². The maximum Gasteiger partial charge on any atom is 0.411 e. The summed E-state index contributed by atoms with van der Waals surface area (Å²) in [6.07, 6.45) is -1.50. The molecule has 1 fully saturated rings. The van der Waals surface area contributed by atoms with Gasteiger partial charge in [-0.05, 0) is 81.3 Å². The van der Waals surface area contributed by atoms with Crippen LogP contribution in [0.1, 0.15) is 26.3 Å². The number of benzene rings is 3. The van der Waals surface area contributed by atoms with E-state index in [4.69, 9.17) is 9.47 Å². The topological polar surface area (TPSA) is 108 Å². The van der Waals surface area contributed by atoms with Crippen molar-refractivity contribution < 1.29 is 33.4 Å². The monoisotopic (exact) mass is 549 g/mol. The van der Waals surface area contributed by atoms with E-state index in [1.54, 1.807) is 45.0 Å². The van der Waals surface area contributed by atoms with Crippen LogP contribution in [0, 0.1) is 5.82 Å². The number of ether oxygens (including phenoxy) is 2. The van der Waals surface area contributed by atoms with Crippen molar-refractivity contribution in [2.45, 2.75) is 44.9 Å². The zero-order chi connectivity index (χ0) is 28.9. The summed E-state index contributed by atoms with van der Waals surface area (Å²) >= 11 is 0. The second-order valence-corrected chi connectivity index (χ2v) is 10.5. The van der Waals surface area contributed by atoms with Crippen LogP contribution in [-0.4, -0.2) is 63.8 Å². The number of carboxylic acid groups (broad SMARTS) is 1. The van der Waals surface area contributed by atoms with Gasteiger partial charge in [0.05, 0.1) is 12.6 Å². The summed E-state index contributed by atoms with van der Waals surface area (Å²) in [6, 6.07) is 19.7. The number of piperazine rings is 1. The predicted molar refractivity (Wildman–Crippen MR) is 147 cm³/mol. The van der Waals surface area contributed by atoms with Gasteiger partial charge in [-0.15, -0.1) is 0 Å². The zero-order valence-corrected chi connectivity index (χ0v) is 22.5. The van der Waals surface area contributed by atoms with Gasteiger partial charge in [0.15, 0.2) is 0 Å². The van der Waals surface area contributed by atoms with E-state index >= 15 is 0 Å². The summed E-state index contributed by atoms with van der Waals surface area (Å²) in [7, 11) is 0. The molecule has 0 spiro atoms. The molecule has 4 rings (SSSR count). The number of hydrogen-bond donors (Lipinski definition) is 2. The molecule has 3 aromatic rings. The van der Waals surface area contributed by atoms with E-state index in [1.807, 2.05) is 30.3 Å². The van der Waals surface area contributed by atoms with E-state index in [2.05, 4.69) is 5.32 Å². The number of rotatable bonds is 6. The Kier molecular flexibility index (Phi) is 8.57. The van der Waals surface area contributed by atoms with Crippen molar-refractivity contribution in [3.05, 3.63) is 90.2 Å². The third-order valence-electron chi connectivity index (χ3n) is 6.26. The number of carbonyl (C=O) groups is 3. The second-order valence-electron chi connectivity index (χ2n) is 10.5. The average Bonchev–Trinajstić information content (AvgIpc) is 2.90. The molecule has 0 saturated carbocycles. The molecule has 0 aliphatic carbocycles. The highest BCUT2D eigenvalue weighted by molar-refractivity contribution is 5.97. The largest absolute Gasteiger partial charge is 0.465 e. The van der Waals surface area contributed by atoms with Gasteiger partial charge in [0.25, 0.3) is 0 Å². The highest BCUT2D eigenvalue weighted by atomic mass is 19.1. The molecule has 1 heterocycles. The van der Waals surface area contributed by atoms with E-state index in [-0.39, 0.29) is 18.9 Å². The first-order chi connectivity index (χ1) is 19.0. The fraction of sp³-hybridized carbons (Fsp3) is 0.300. The van der Waals surface area contributed by atoms with Crippen LogP contribution in [0.5, 0.6) is 11.5 Å². The van der Waals surface area contributed by atoms with Crippen molar-refractivity contribution in [2.75, 3.05) is 18.4 Å². The molecule has 3 aromatic carbocycles. The van der Waals surface area contributed by atoms with E-state index < -0.39 is 35.8 Å². The molecule has 1 aliphatic rings. The van der Waals surface area contributed by atoms with Crippen LogP contribution in [-0.2, 0) is 16.0 Å². The van der Waals surface area contributed by atoms with Crippen molar-refractivity contribution in [3.63, 3.8) is 0 Å². The normalized spacial score (nSPS) is 17.2. The summed E-state index contributed by atoms with van der Waals surface area (Å²) in [6.45, 7) is 4.95. The summed E-state index contributed by atoms with van der Waals surface area (Å²) in [5.41, 5.74) is 0.528. The minimum absolute atomic E-state index is 0.0152. The predicted octanol–water partition coefficient (Wildman–Crippen LogP) is 5.77. The molecule has 1 saturated heterocycles. The molecule has 0 bridgehead atoms. The number of amides is 3. The molecule has 0 aromatic heterocycles. The SMILES string of the molecule is CC(C)(C)OC(=O)N1CC(Cc2ccccc2)N(C(=O)O)CC1C(=O)Nc1ccc(Oc2ccc(F)cc2)cc1. The minimum Gasteiger partial charge on any atom is -0.465 e.